The smallest absolute Gasteiger partial charge is 0.248 e. The average Bonchev–Trinajstić information content (AvgIpc) is 3.06. The molecule has 0 saturated carbocycles. The van der Waals surface area contributed by atoms with Gasteiger partial charge in [-0.05, 0) is 74.4 Å². The third-order valence-corrected chi connectivity index (χ3v) is 8.96. The van der Waals surface area contributed by atoms with Gasteiger partial charge in [-0.2, -0.15) is 0 Å². The number of unbranched alkanes of at least 4 members (excludes halogenated alkanes) is 1. The Hall–Kier alpha value is -3.96. The number of nitrogens with two attached hydrogens (primary N) is 3. The van der Waals surface area contributed by atoms with Gasteiger partial charge in [0.15, 0.2) is 5.96 Å². The fourth-order valence-electron chi connectivity index (χ4n) is 5.01. The van der Waals surface area contributed by atoms with Crippen LogP contribution in [0.25, 0.3) is 0 Å². The Morgan fingerprint density at radius 2 is 1.65 bits per heavy atom. The Kier molecular flexibility index (Phi) is 17.7. The topological polar surface area (TPSA) is 230 Å². The highest BCUT2D eigenvalue weighted by Gasteiger charge is 2.34. The molecule has 4 amide bonds. The summed E-state index contributed by atoms with van der Waals surface area (Å²) in [5.74, 6) is -1.64. The highest BCUT2D eigenvalue weighted by Crippen LogP contribution is 2.22. The van der Waals surface area contributed by atoms with Crippen molar-refractivity contribution in [3.05, 3.63) is 65.2 Å². The summed E-state index contributed by atoms with van der Waals surface area (Å²) >= 11 is 1.80. The van der Waals surface area contributed by atoms with E-state index in [0.717, 1.165) is 16.7 Å². The monoisotopic (exact) mass is 779 g/mol. The summed E-state index contributed by atoms with van der Waals surface area (Å²) in [5.41, 5.74) is 19.9. The molecular formula is C33H50IN9O5. The number of benzene rings is 2. The summed E-state index contributed by atoms with van der Waals surface area (Å²) in [6, 6.07) is 9.90. The Morgan fingerprint density at radius 3 is 2.25 bits per heavy atom. The maximum Gasteiger partial charge on any atom is 0.248 e. The molecule has 264 valence electrons. The van der Waals surface area contributed by atoms with E-state index in [2.05, 4.69) is 26.3 Å². The number of aromatic hydroxyl groups is 1. The minimum atomic E-state index is -1.06. The first-order valence-corrected chi connectivity index (χ1v) is 16.9. The molecule has 0 heterocycles. The Morgan fingerprint density at radius 1 is 0.958 bits per heavy atom. The summed E-state index contributed by atoms with van der Waals surface area (Å²) in [6.07, 6.45) is 2.57. The van der Waals surface area contributed by atoms with Gasteiger partial charge in [0.2, 0.25) is 23.6 Å². The van der Waals surface area contributed by atoms with Crippen LogP contribution in [0.4, 0.5) is 0 Å². The number of nitrogens with zero attached hydrogens (tertiary/aromatic N) is 2. The summed E-state index contributed by atoms with van der Waals surface area (Å²) in [4.78, 5) is 57.5. The number of nitrogens with one attached hydrogen (secondary N) is 4. The molecule has 14 nitrogen and oxygen atoms in total. The molecule has 11 N–H and O–H groups in total. The number of phenolic OH excluding ortho intramolecular Hbond substituents is 1. The maximum atomic E-state index is 14.0. The number of hydrogen-bond donors (Lipinski definition) is 8. The van der Waals surface area contributed by atoms with Gasteiger partial charge < -0.3 is 43.6 Å². The van der Waals surface area contributed by atoms with Crippen molar-refractivity contribution in [2.45, 2.75) is 76.0 Å². The molecule has 0 aliphatic rings. The molecule has 0 spiro atoms. The Balaban J connectivity index is 2.29. The molecule has 0 fully saturated rings. The number of carbonyl (C=O) groups is 4. The highest BCUT2D eigenvalue weighted by molar-refractivity contribution is 14.1. The molecule has 2 aromatic carbocycles. The first-order chi connectivity index (χ1) is 22.9. The number of halogens is 1. The molecule has 0 aromatic heterocycles. The van der Waals surface area contributed by atoms with E-state index in [-0.39, 0.29) is 25.0 Å². The Labute approximate surface area is 296 Å². The summed E-state index contributed by atoms with van der Waals surface area (Å²) in [7, 11) is 3.39. The lowest BCUT2D eigenvalue weighted by molar-refractivity contribution is -0.136. The minimum absolute atomic E-state index is 0.0704. The standard InChI is InChI=1S/C33H50IN9O5/c1-21-18-24(44)15-14-23(21)20-28(43(34)32(48)25(36)12-9-17-40-33(38-2)39-3)31(47)41-26(13-7-8-16-35)30(46)42-27(29(37)45)19-22-10-5-4-6-11-22/h4-6,10-11,14-15,18,25-28,44H,7-9,12-13,16-17,19-20,35-36H2,1-3H3,(H2,37,45)(H,41,47)(H,42,46)(H2,38,39,40)/t25-,26-,27-,28-/m0/s1. The van der Waals surface area contributed by atoms with Crippen LogP contribution in [0.1, 0.15) is 48.8 Å². The summed E-state index contributed by atoms with van der Waals surface area (Å²) < 4.78 is 1.28. The summed E-state index contributed by atoms with van der Waals surface area (Å²) in [6.45, 7) is 2.72. The van der Waals surface area contributed by atoms with Crippen molar-refractivity contribution in [1.82, 2.24) is 24.4 Å². The molecule has 0 unspecified atom stereocenters. The number of rotatable bonds is 19. The van der Waals surface area contributed by atoms with Gasteiger partial charge in [0.05, 0.1) is 28.9 Å². The van der Waals surface area contributed by atoms with Crippen LogP contribution >= 0.6 is 22.9 Å². The normalized spacial score (nSPS) is 13.8. The van der Waals surface area contributed by atoms with Gasteiger partial charge in [0.25, 0.3) is 0 Å². The second-order valence-corrected chi connectivity index (χ2v) is 12.5. The van der Waals surface area contributed by atoms with E-state index in [9.17, 15) is 24.3 Å². The van der Waals surface area contributed by atoms with Gasteiger partial charge in [0, 0.05) is 33.5 Å². The van der Waals surface area contributed by atoms with Gasteiger partial charge in [-0.15, -0.1) is 0 Å². The molecule has 0 saturated heterocycles. The fourth-order valence-corrected chi connectivity index (χ4v) is 5.82. The van der Waals surface area contributed by atoms with Crippen molar-refractivity contribution in [3.8, 4) is 5.75 Å². The van der Waals surface area contributed by atoms with Crippen molar-refractivity contribution in [1.29, 1.82) is 0 Å². The number of phenols is 1. The SMILES string of the molecule is C/N=C(\NC)NCCC[C@H](N)C(=O)N(I)[C@@H](Cc1ccc(O)cc1C)C(=O)N[C@@H](CCCCN)C(=O)N[C@@H](Cc1ccccc1)C(N)=O. The number of amides is 4. The molecule has 2 aromatic rings. The lowest BCUT2D eigenvalue weighted by atomic mass is 9.98. The quantitative estimate of drug-likeness (QED) is 0.0326. The van der Waals surface area contributed by atoms with Gasteiger partial charge in [-0.3, -0.25) is 27.3 Å². The second-order valence-electron chi connectivity index (χ2n) is 11.5. The summed E-state index contributed by atoms with van der Waals surface area (Å²) in [5, 5.41) is 21.5. The third kappa shape index (κ3) is 13.3. The van der Waals surface area contributed by atoms with E-state index in [0.29, 0.717) is 44.7 Å². The van der Waals surface area contributed by atoms with Crippen LogP contribution in [0.3, 0.4) is 0 Å². The lowest BCUT2D eigenvalue weighted by Crippen LogP contribution is -2.57. The molecule has 15 heteroatoms. The first-order valence-electron chi connectivity index (χ1n) is 16.0. The maximum absolute atomic E-state index is 14.0. The second kappa shape index (κ2) is 21.1. The van der Waals surface area contributed by atoms with Crippen molar-refractivity contribution < 1.29 is 24.3 Å². The van der Waals surface area contributed by atoms with E-state index >= 15 is 0 Å². The van der Waals surface area contributed by atoms with Crippen LogP contribution in [-0.4, -0.2) is 89.2 Å². The third-order valence-electron chi connectivity index (χ3n) is 7.81. The minimum Gasteiger partial charge on any atom is -0.508 e. The number of aryl methyl sites for hydroxylation is 1. The Bertz CT molecular complexity index is 1380. The molecule has 0 aliphatic carbocycles. The van der Waals surface area contributed by atoms with E-state index in [1.807, 2.05) is 30.3 Å². The van der Waals surface area contributed by atoms with E-state index in [1.165, 1.54) is 9.18 Å². The molecule has 0 radical (unpaired) electrons. The largest absolute Gasteiger partial charge is 0.508 e. The fraction of sp³-hybridized carbons (Fsp3) is 0.485. The number of carbonyl (C=O) groups excluding carboxylic acids is 4. The molecule has 0 bridgehead atoms. The van der Waals surface area contributed by atoms with Crippen LogP contribution in [0.5, 0.6) is 5.75 Å². The van der Waals surface area contributed by atoms with Gasteiger partial charge >= 0.3 is 0 Å². The molecule has 48 heavy (non-hydrogen) atoms. The van der Waals surface area contributed by atoms with E-state index < -0.39 is 47.8 Å². The van der Waals surface area contributed by atoms with Gasteiger partial charge in [0.1, 0.15) is 23.9 Å². The van der Waals surface area contributed by atoms with Crippen molar-refractivity contribution in [2.24, 2.45) is 22.2 Å². The first kappa shape index (κ1) is 40.2. The van der Waals surface area contributed by atoms with Gasteiger partial charge in [-0.1, -0.05) is 36.4 Å². The van der Waals surface area contributed by atoms with Crippen LogP contribution in [-0.2, 0) is 32.0 Å². The molecule has 2 rings (SSSR count). The number of primary amides is 1. The van der Waals surface area contributed by atoms with Gasteiger partial charge in [-0.25, -0.2) is 0 Å². The highest BCUT2D eigenvalue weighted by atomic mass is 127. The van der Waals surface area contributed by atoms with Crippen LogP contribution in [0.2, 0.25) is 0 Å². The van der Waals surface area contributed by atoms with Crippen LogP contribution in [0, 0.1) is 6.92 Å². The zero-order chi connectivity index (χ0) is 35.6. The zero-order valence-corrected chi connectivity index (χ0v) is 30.0. The molecular weight excluding hydrogens is 729 g/mol. The predicted octanol–water partition coefficient (Wildman–Crippen LogP) is 0.519. The zero-order valence-electron chi connectivity index (χ0n) is 27.9. The van der Waals surface area contributed by atoms with E-state index in [4.69, 9.17) is 17.2 Å². The van der Waals surface area contributed by atoms with Crippen LogP contribution < -0.4 is 38.5 Å². The number of aliphatic imine (C=N–C) groups is 1. The van der Waals surface area contributed by atoms with Crippen molar-refractivity contribution in [3.63, 3.8) is 0 Å². The lowest BCUT2D eigenvalue weighted by Gasteiger charge is -2.30. The molecule has 0 aliphatic heterocycles. The van der Waals surface area contributed by atoms with Crippen molar-refractivity contribution >= 4 is 52.5 Å². The van der Waals surface area contributed by atoms with Crippen LogP contribution in [0.15, 0.2) is 53.5 Å². The number of hydrogen-bond acceptors (Lipinski definition) is 8. The average molecular weight is 780 g/mol. The van der Waals surface area contributed by atoms with Crippen molar-refractivity contribution in [2.75, 3.05) is 27.2 Å². The van der Waals surface area contributed by atoms with E-state index in [1.54, 1.807) is 56.0 Å². The number of guanidine groups is 1. The predicted molar refractivity (Wildman–Crippen MR) is 195 cm³/mol. The molecule has 4 atom stereocenters.